The molecular formula is C21H19N5O2S. The number of benzene rings is 2. The fourth-order valence-electron chi connectivity index (χ4n) is 3.05. The van der Waals surface area contributed by atoms with Gasteiger partial charge in [-0.15, -0.1) is 11.3 Å². The third kappa shape index (κ3) is 4.44. The zero-order valence-electron chi connectivity index (χ0n) is 15.4. The summed E-state index contributed by atoms with van der Waals surface area (Å²) in [6, 6.07) is 15.4. The smallest absolute Gasteiger partial charge is 0.312 e. The van der Waals surface area contributed by atoms with Gasteiger partial charge in [-0.1, -0.05) is 42.5 Å². The Kier molecular flexibility index (Phi) is 5.26. The fraction of sp³-hybridized carbons (Fsp3) is 0.0952. The molecule has 4 rings (SSSR count). The summed E-state index contributed by atoms with van der Waals surface area (Å²) in [6.07, 6.45) is 4.27. The second-order valence-electron chi connectivity index (χ2n) is 6.54. The van der Waals surface area contributed by atoms with Crippen LogP contribution in [0.5, 0.6) is 0 Å². The molecule has 146 valence electrons. The fourth-order valence-corrected chi connectivity index (χ4v) is 3.75. The first-order valence-corrected chi connectivity index (χ1v) is 9.90. The van der Waals surface area contributed by atoms with Crippen molar-refractivity contribution in [2.24, 2.45) is 5.73 Å². The van der Waals surface area contributed by atoms with E-state index in [0.717, 1.165) is 21.8 Å². The summed E-state index contributed by atoms with van der Waals surface area (Å²) in [7, 11) is 0. The molecule has 0 spiro atoms. The van der Waals surface area contributed by atoms with E-state index in [1.165, 1.54) is 0 Å². The highest BCUT2D eigenvalue weighted by Gasteiger charge is 2.20. The molecular weight excluding hydrogens is 386 g/mol. The quantitative estimate of drug-likeness (QED) is 0.459. The Morgan fingerprint density at radius 3 is 2.55 bits per heavy atom. The summed E-state index contributed by atoms with van der Waals surface area (Å²) < 4.78 is 1.97. The number of hydrogen-bond donors (Lipinski definition) is 3. The molecule has 0 fully saturated rings. The van der Waals surface area contributed by atoms with Gasteiger partial charge in [-0.2, -0.15) is 0 Å². The summed E-state index contributed by atoms with van der Waals surface area (Å²) in [4.78, 5) is 29.5. The van der Waals surface area contributed by atoms with Crippen molar-refractivity contribution in [3.8, 4) is 11.3 Å². The van der Waals surface area contributed by atoms with Gasteiger partial charge < -0.3 is 16.4 Å². The van der Waals surface area contributed by atoms with Crippen molar-refractivity contribution < 1.29 is 9.59 Å². The van der Waals surface area contributed by atoms with Gasteiger partial charge >= 0.3 is 6.03 Å². The number of rotatable bonds is 6. The van der Waals surface area contributed by atoms with Crippen molar-refractivity contribution in [2.45, 2.75) is 12.5 Å². The van der Waals surface area contributed by atoms with Crippen LogP contribution >= 0.6 is 11.3 Å². The first kappa shape index (κ1) is 18.7. The van der Waals surface area contributed by atoms with Gasteiger partial charge in [0.05, 0.1) is 5.69 Å². The maximum absolute atomic E-state index is 12.7. The van der Waals surface area contributed by atoms with Crippen molar-refractivity contribution >= 4 is 33.9 Å². The van der Waals surface area contributed by atoms with Crippen LogP contribution in [0, 0.1) is 0 Å². The minimum Gasteiger partial charge on any atom is -0.352 e. The average molecular weight is 405 g/mol. The molecule has 2 aromatic carbocycles. The molecule has 0 saturated carbocycles. The Balaban J connectivity index is 1.46. The number of nitrogens with two attached hydrogens (primary N) is 1. The summed E-state index contributed by atoms with van der Waals surface area (Å²) in [5.74, 6) is -0.331. The number of nitrogens with zero attached hydrogens (tertiary/aromatic N) is 2. The van der Waals surface area contributed by atoms with E-state index in [-0.39, 0.29) is 5.91 Å². The molecule has 0 aliphatic heterocycles. The number of hydrogen-bond acceptors (Lipinski definition) is 4. The van der Waals surface area contributed by atoms with E-state index < -0.39 is 12.1 Å². The summed E-state index contributed by atoms with van der Waals surface area (Å²) in [5.41, 5.74) is 8.62. The van der Waals surface area contributed by atoms with Crippen LogP contribution in [0.25, 0.3) is 16.2 Å². The van der Waals surface area contributed by atoms with Gasteiger partial charge in [0.2, 0.25) is 5.91 Å². The number of aromatic nitrogens is 2. The van der Waals surface area contributed by atoms with E-state index in [1.54, 1.807) is 11.3 Å². The van der Waals surface area contributed by atoms with E-state index in [0.29, 0.717) is 12.1 Å². The Labute approximate surface area is 171 Å². The first-order chi connectivity index (χ1) is 14.1. The molecule has 29 heavy (non-hydrogen) atoms. The maximum Gasteiger partial charge on any atom is 0.312 e. The van der Waals surface area contributed by atoms with Gasteiger partial charge in [-0.3, -0.25) is 9.20 Å². The molecule has 0 bridgehead atoms. The van der Waals surface area contributed by atoms with Gasteiger partial charge in [0.1, 0.15) is 6.04 Å². The molecule has 2 heterocycles. The normalized spacial score (nSPS) is 11.9. The number of nitrogens with one attached hydrogen (secondary N) is 2. The number of primary amides is 1. The molecule has 3 amide bonds. The van der Waals surface area contributed by atoms with Gasteiger partial charge in [-0.05, 0) is 17.7 Å². The van der Waals surface area contributed by atoms with Crippen LogP contribution in [0.3, 0.4) is 0 Å². The topological polar surface area (TPSA) is 102 Å². The summed E-state index contributed by atoms with van der Waals surface area (Å²) in [5, 5.41) is 7.33. The van der Waals surface area contributed by atoms with Crippen molar-refractivity contribution in [2.75, 3.05) is 5.32 Å². The van der Waals surface area contributed by atoms with E-state index >= 15 is 0 Å². The van der Waals surface area contributed by atoms with Crippen molar-refractivity contribution in [1.29, 1.82) is 0 Å². The first-order valence-electron chi connectivity index (χ1n) is 9.02. The standard InChI is InChI=1S/C21H19N5O2S/c22-20(28)24-17(12-14-4-2-1-3-5-14)19(27)23-16-8-6-15(7-9-16)18-13-26-10-11-29-21(26)25-18/h1-11,13,17H,12H2,(H,23,27)(H3,22,24,28). The van der Waals surface area contributed by atoms with Crippen LogP contribution in [0.2, 0.25) is 0 Å². The molecule has 7 nitrogen and oxygen atoms in total. The SMILES string of the molecule is NC(=O)NC(Cc1ccccc1)C(=O)Nc1ccc(-c2cn3ccsc3n2)cc1. The van der Waals surface area contributed by atoms with Gasteiger partial charge in [0, 0.05) is 35.4 Å². The Bertz CT molecular complexity index is 1110. The maximum atomic E-state index is 12.7. The Hall–Kier alpha value is -3.65. The zero-order chi connectivity index (χ0) is 20.2. The van der Waals surface area contributed by atoms with Crippen LogP contribution in [0.1, 0.15) is 5.56 Å². The number of anilines is 1. The van der Waals surface area contributed by atoms with E-state index in [1.807, 2.05) is 76.8 Å². The number of carbonyl (C=O) groups excluding carboxylic acids is 2. The molecule has 0 aliphatic rings. The number of imidazole rings is 1. The molecule has 1 atom stereocenters. The third-order valence-electron chi connectivity index (χ3n) is 4.46. The largest absolute Gasteiger partial charge is 0.352 e. The second-order valence-corrected chi connectivity index (χ2v) is 7.41. The predicted octanol–water partition coefficient (Wildman–Crippen LogP) is 3.28. The number of carbonyl (C=O) groups is 2. The monoisotopic (exact) mass is 405 g/mol. The molecule has 0 saturated heterocycles. The van der Waals surface area contributed by atoms with E-state index in [4.69, 9.17) is 5.73 Å². The number of urea groups is 1. The van der Waals surface area contributed by atoms with Gasteiger partial charge in [-0.25, -0.2) is 9.78 Å². The van der Waals surface area contributed by atoms with Crippen LogP contribution in [-0.4, -0.2) is 27.4 Å². The predicted molar refractivity (Wildman–Crippen MR) is 114 cm³/mol. The van der Waals surface area contributed by atoms with Crippen molar-refractivity contribution in [1.82, 2.24) is 14.7 Å². The minimum atomic E-state index is -0.769. The highest BCUT2D eigenvalue weighted by Crippen LogP contribution is 2.23. The lowest BCUT2D eigenvalue weighted by atomic mass is 10.1. The number of fused-ring (bicyclic) bond motifs is 1. The van der Waals surface area contributed by atoms with E-state index in [2.05, 4.69) is 15.6 Å². The number of amides is 3. The molecule has 1 unspecified atom stereocenters. The zero-order valence-corrected chi connectivity index (χ0v) is 16.2. The lowest BCUT2D eigenvalue weighted by Crippen LogP contribution is -2.47. The lowest BCUT2D eigenvalue weighted by Gasteiger charge is -2.17. The minimum absolute atomic E-state index is 0.331. The summed E-state index contributed by atoms with van der Waals surface area (Å²) >= 11 is 1.57. The van der Waals surface area contributed by atoms with Crippen molar-refractivity contribution in [3.63, 3.8) is 0 Å². The van der Waals surface area contributed by atoms with Gasteiger partial charge in [0.15, 0.2) is 4.96 Å². The molecule has 4 aromatic rings. The van der Waals surface area contributed by atoms with E-state index in [9.17, 15) is 9.59 Å². The summed E-state index contributed by atoms with van der Waals surface area (Å²) in [6.45, 7) is 0. The van der Waals surface area contributed by atoms with Crippen LogP contribution in [0.15, 0.2) is 72.4 Å². The third-order valence-corrected chi connectivity index (χ3v) is 5.23. The van der Waals surface area contributed by atoms with Gasteiger partial charge in [0.25, 0.3) is 0 Å². The molecule has 0 radical (unpaired) electrons. The Morgan fingerprint density at radius 2 is 1.86 bits per heavy atom. The average Bonchev–Trinajstić information content (AvgIpc) is 3.31. The second kappa shape index (κ2) is 8.15. The van der Waals surface area contributed by atoms with Crippen LogP contribution < -0.4 is 16.4 Å². The molecule has 8 heteroatoms. The molecule has 2 aromatic heterocycles. The van der Waals surface area contributed by atoms with Crippen LogP contribution in [0.4, 0.5) is 10.5 Å². The van der Waals surface area contributed by atoms with Crippen molar-refractivity contribution in [3.05, 3.63) is 77.9 Å². The molecule has 0 aliphatic carbocycles. The number of thiazole rings is 1. The lowest BCUT2D eigenvalue weighted by molar-refractivity contribution is -0.117. The highest BCUT2D eigenvalue weighted by molar-refractivity contribution is 7.15. The van der Waals surface area contributed by atoms with Crippen LogP contribution in [-0.2, 0) is 11.2 Å². The molecule has 4 N–H and O–H groups in total. The Morgan fingerprint density at radius 1 is 1.10 bits per heavy atom. The highest BCUT2D eigenvalue weighted by atomic mass is 32.1.